The number of benzene rings is 1. The van der Waals surface area contributed by atoms with Crippen LogP contribution in [0.1, 0.15) is 23.6 Å². The quantitative estimate of drug-likeness (QED) is 0.456. The van der Waals surface area contributed by atoms with Crippen molar-refractivity contribution in [2.24, 2.45) is 4.99 Å². The van der Waals surface area contributed by atoms with Gasteiger partial charge >= 0.3 is 0 Å². The van der Waals surface area contributed by atoms with E-state index in [2.05, 4.69) is 56.7 Å². The normalized spacial score (nSPS) is 15.9. The Morgan fingerprint density at radius 3 is 2.78 bits per heavy atom. The molecule has 0 saturated heterocycles. The first kappa shape index (κ1) is 19.6. The minimum Gasteiger partial charge on any atom is -0.356 e. The van der Waals surface area contributed by atoms with E-state index in [4.69, 9.17) is 11.6 Å². The predicted molar refractivity (Wildman–Crippen MR) is 112 cm³/mol. The molecule has 2 N–H and O–H groups in total. The number of hydrogen-bond donors (Lipinski definition) is 2. The SMILES string of the molecule is CN=C(NCCc1ccc(Cl)nc1)NCC(C)N1CCc2ccccc2C1. The van der Waals surface area contributed by atoms with Gasteiger partial charge in [0.2, 0.25) is 0 Å². The Morgan fingerprint density at radius 2 is 2.04 bits per heavy atom. The van der Waals surface area contributed by atoms with Crippen LogP contribution < -0.4 is 10.6 Å². The summed E-state index contributed by atoms with van der Waals surface area (Å²) in [7, 11) is 1.81. The highest BCUT2D eigenvalue weighted by Crippen LogP contribution is 2.19. The lowest BCUT2D eigenvalue weighted by molar-refractivity contribution is 0.191. The lowest BCUT2D eigenvalue weighted by Crippen LogP contribution is -2.47. The molecule has 1 aromatic heterocycles. The third kappa shape index (κ3) is 5.68. The van der Waals surface area contributed by atoms with Crippen molar-refractivity contribution in [3.05, 3.63) is 64.4 Å². The molecule has 27 heavy (non-hydrogen) atoms. The van der Waals surface area contributed by atoms with Crippen molar-refractivity contribution in [2.45, 2.75) is 32.4 Å². The zero-order valence-corrected chi connectivity index (χ0v) is 16.8. The van der Waals surface area contributed by atoms with E-state index in [0.717, 1.165) is 50.5 Å². The predicted octanol–water partition coefficient (Wildman–Crippen LogP) is 2.89. The molecule has 2 aromatic rings. The lowest BCUT2D eigenvalue weighted by atomic mass is 9.99. The minimum atomic E-state index is 0.442. The van der Waals surface area contributed by atoms with Crippen LogP contribution in [0.2, 0.25) is 5.15 Å². The molecular weight excluding hydrogens is 358 g/mol. The molecule has 144 valence electrons. The van der Waals surface area contributed by atoms with Crippen LogP contribution in [0.5, 0.6) is 0 Å². The highest BCUT2D eigenvalue weighted by molar-refractivity contribution is 6.29. The molecule has 1 aliphatic heterocycles. The molecule has 3 rings (SSSR count). The highest BCUT2D eigenvalue weighted by atomic mass is 35.5. The van der Waals surface area contributed by atoms with Gasteiger partial charge in [-0.15, -0.1) is 0 Å². The summed E-state index contributed by atoms with van der Waals surface area (Å²) in [5, 5.41) is 7.34. The second-order valence-corrected chi connectivity index (χ2v) is 7.34. The first-order valence-electron chi connectivity index (χ1n) is 9.51. The van der Waals surface area contributed by atoms with Crippen molar-refractivity contribution in [3.63, 3.8) is 0 Å². The lowest BCUT2D eigenvalue weighted by Gasteiger charge is -2.34. The van der Waals surface area contributed by atoms with E-state index in [1.165, 1.54) is 11.1 Å². The summed E-state index contributed by atoms with van der Waals surface area (Å²) in [5.41, 5.74) is 4.10. The second kappa shape index (κ2) is 9.72. The molecule has 6 heteroatoms. The fourth-order valence-corrected chi connectivity index (χ4v) is 3.48. The largest absolute Gasteiger partial charge is 0.356 e. The Morgan fingerprint density at radius 1 is 1.22 bits per heavy atom. The molecule has 0 amide bonds. The van der Waals surface area contributed by atoms with Crippen molar-refractivity contribution < 1.29 is 0 Å². The molecule has 2 heterocycles. The summed E-state index contributed by atoms with van der Waals surface area (Å²) in [6.07, 6.45) is 3.82. The average Bonchev–Trinajstić information content (AvgIpc) is 2.71. The van der Waals surface area contributed by atoms with Gasteiger partial charge in [0, 0.05) is 45.5 Å². The smallest absolute Gasteiger partial charge is 0.191 e. The first-order valence-corrected chi connectivity index (χ1v) is 9.89. The van der Waals surface area contributed by atoms with Gasteiger partial charge < -0.3 is 10.6 Å². The van der Waals surface area contributed by atoms with Gasteiger partial charge in [-0.05, 0) is 42.5 Å². The summed E-state index contributed by atoms with van der Waals surface area (Å²) >= 11 is 5.82. The summed E-state index contributed by atoms with van der Waals surface area (Å²) in [6.45, 7) is 6.07. The summed E-state index contributed by atoms with van der Waals surface area (Å²) in [5.74, 6) is 0.834. The molecule has 0 radical (unpaired) electrons. The Balaban J connectivity index is 1.42. The molecule has 1 aliphatic rings. The van der Waals surface area contributed by atoms with Crippen molar-refractivity contribution in [1.82, 2.24) is 20.5 Å². The first-order chi connectivity index (χ1) is 13.2. The molecular formula is C21H28ClN5. The zero-order chi connectivity index (χ0) is 19.1. The maximum Gasteiger partial charge on any atom is 0.191 e. The number of nitrogens with zero attached hydrogens (tertiary/aromatic N) is 3. The van der Waals surface area contributed by atoms with Crippen LogP contribution in [0, 0.1) is 0 Å². The van der Waals surface area contributed by atoms with Crippen LogP contribution in [-0.2, 0) is 19.4 Å². The molecule has 1 atom stereocenters. The Bertz CT molecular complexity index is 759. The second-order valence-electron chi connectivity index (χ2n) is 6.96. The number of guanidine groups is 1. The van der Waals surface area contributed by atoms with Gasteiger partial charge in [0.25, 0.3) is 0 Å². The van der Waals surface area contributed by atoms with Crippen LogP contribution in [0.4, 0.5) is 0 Å². The van der Waals surface area contributed by atoms with E-state index in [1.807, 2.05) is 18.3 Å². The number of halogens is 1. The minimum absolute atomic E-state index is 0.442. The molecule has 0 bridgehead atoms. The topological polar surface area (TPSA) is 52.6 Å². The number of fused-ring (bicyclic) bond motifs is 1. The van der Waals surface area contributed by atoms with Crippen LogP contribution in [0.3, 0.4) is 0 Å². The number of pyridine rings is 1. The number of nitrogens with one attached hydrogen (secondary N) is 2. The van der Waals surface area contributed by atoms with Gasteiger partial charge in [-0.1, -0.05) is 41.9 Å². The van der Waals surface area contributed by atoms with E-state index in [9.17, 15) is 0 Å². The number of rotatable bonds is 6. The van der Waals surface area contributed by atoms with E-state index >= 15 is 0 Å². The Kier molecular flexibility index (Phi) is 7.07. The molecule has 1 unspecified atom stereocenters. The van der Waals surface area contributed by atoms with Crippen molar-refractivity contribution in [3.8, 4) is 0 Å². The number of aliphatic imine (C=N–C) groups is 1. The molecule has 0 aliphatic carbocycles. The van der Waals surface area contributed by atoms with Crippen molar-refractivity contribution in [2.75, 3.05) is 26.7 Å². The number of hydrogen-bond acceptors (Lipinski definition) is 3. The van der Waals surface area contributed by atoms with Gasteiger partial charge in [0.1, 0.15) is 5.15 Å². The van der Waals surface area contributed by atoms with Gasteiger partial charge in [0.15, 0.2) is 5.96 Å². The van der Waals surface area contributed by atoms with Crippen LogP contribution in [-0.4, -0.2) is 48.6 Å². The third-order valence-electron chi connectivity index (χ3n) is 5.07. The average molecular weight is 386 g/mol. The molecule has 0 spiro atoms. The third-order valence-corrected chi connectivity index (χ3v) is 5.29. The number of aromatic nitrogens is 1. The van der Waals surface area contributed by atoms with Crippen molar-refractivity contribution in [1.29, 1.82) is 0 Å². The van der Waals surface area contributed by atoms with E-state index < -0.39 is 0 Å². The van der Waals surface area contributed by atoms with E-state index in [0.29, 0.717) is 11.2 Å². The maximum atomic E-state index is 5.82. The molecule has 0 saturated carbocycles. The van der Waals surface area contributed by atoms with Gasteiger partial charge in [0.05, 0.1) is 0 Å². The van der Waals surface area contributed by atoms with Gasteiger partial charge in [-0.25, -0.2) is 4.98 Å². The highest BCUT2D eigenvalue weighted by Gasteiger charge is 2.20. The summed E-state index contributed by atoms with van der Waals surface area (Å²) in [6, 6.07) is 13.0. The Labute approximate surface area is 166 Å². The fraction of sp³-hybridized carbons (Fsp3) is 0.429. The summed E-state index contributed by atoms with van der Waals surface area (Å²) < 4.78 is 0. The zero-order valence-electron chi connectivity index (χ0n) is 16.1. The standard InChI is InChI=1S/C21H28ClN5/c1-16(27-12-10-18-5-3-4-6-19(18)15-27)13-26-21(23-2)24-11-9-17-7-8-20(22)25-14-17/h3-8,14,16H,9-13,15H2,1-2H3,(H2,23,24,26). The summed E-state index contributed by atoms with van der Waals surface area (Å²) in [4.78, 5) is 11.0. The molecule has 1 aromatic carbocycles. The molecule has 0 fully saturated rings. The fourth-order valence-electron chi connectivity index (χ4n) is 3.37. The van der Waals surface area contributed by atoms with Crippen LogP contribution in [0.25, 0.3) is 0 Å². The van der Waals surface area contributed by atoms with Crippen LogP contribution in [0.15, 0.2) is 47.6 Å². The van der Waals surface area contributed by atoms with E-state index in [1.54, 1.807) is 7.05 Å². The van der Waals surface area contributed by atoms with Crippen LogP contribution >= 0.6 is 11.6 Å². The van der Waals surface area contributed by atoms with Crippen molar-refractivity contribution >= 4 is 17.6 Å². The van der Waals surface area contributed by atoms with E-state index in [-0.39, 0.29) is 0 Å². The Hall–Kier alpha value is -2.11. The monoisotopic (exact) mass is 385 g/mol. The maximum absolute atomic E-state index is 5.82. The molecule has 5 nitrogen and oxygen atoms in total. The van der Waals surface area contributed by atoms with Gasteiger partial charge in [-0.2, -0.15) is 0 Å². The van der Waals surface area contributed by atoms with Gasteiger partial charge in [-0.3, -0.25) is 9.89 Å².